The molecule has 0 spiro atoms. The van der Waals surface area contributed by atoms with Crippen molar-refractivity contribution < 1.29 is 0 Å². The predicted molar refractivity (Wildman–Crippen MR) is 54.9 cm³/mol. The fraction of sp³-hybridized carbons (Fsp3) is 0.143. The van der Waals surface area contributed by atoms with E-state index in [4.69, 9.17) is 5.73 Å². The highest BCUT2D eigenvalue weighted by atomic mass is 127. The number of aryl methyl sites for hydroxylation is 1. The van der Waals surface area contributed by atoms with Gasteiger partial charge in [0.2, 0.25) is 0 Å². The zero-order valence-corrected chi connectivity index (χ0v) is 8.61. The summed E-state index contributed by atoms with van der Waals surface area (Å²) in [5.41, 5.74) is 7.38. The quantitative estimate of drug-likeness (QED) is 0.735. The van der Waals surface area contributed by atoms with Crippen LogP contribution in [0, 0.1) is 10.6 Å². The Bertz CT molecular complexity index is 434. The number of anilines is 1. The number of aromatic nitrogens is 3. The lowest BCUT2D eigenvalue weighted by Crippen LogP contribution is -1.99. The fourth-order valence-corrected chi connectivity index (χ4v) is 1.62. The number of rotatable bonds is 0. The fourth-order valence-electron chi connectivity index (χ4n) is 1.12. The van der Waals surface area contributed by atoms with E-state index in [0.29, 0.717) is 5.82 Å². The molecule has 0 aliphatic carbocycles. The van der Waals surface area contributed by atoms with Gasteiger partial charge in [-0.3, -0.25) is 0 Å². The standard InChI is InChI=1S/C7H7IN4/c1-4-2-6(9)10-7-3-5(8)11-12(4)7/h2-3H,1H3,(H2,9,10). The average Bonchev–Trinajstić information content (AvgIpc) is 2.29. The molecule has 0 aliphatic rings. The van der Waals surface area contributed by atoms with Crippen LogP contribution in [0.5, 0.6) is 0 Å². The number of nitrogens with two attached hydrogens (primary N) is 1. The van der Waals surface area contributed by atoms with E-state index in [2.05, 4.69) is 32.7 Å². The summed E-state index contributed by atoms with van der Waals surface area (Å²) in [5.74, 6) is 0.538. The van der Waals surface area contributed by atoms with Crippen LogP contribution in [0.2, 0.25) is 0 Å². The van der Waals surface area contributed by atoms with E-state index in [1.54, 1.807) is 10.6 Å². The molecule has 2 aromatic rings. The van der Waals surface area contributed by atoms with Gasteiger partial charge >= 0.3 is 0 Å². The van der Waals surface area contributed by atoms with Crippen molar-refractivity contribution >= 4 is 34.1 Å². The van der Waals surface area contributed by atoms with E-state index >= 15 is 0 Å². The van der Waals surface area contributed by atoms with Crippen molar-refractivity contribution in [1.29, 1.82) is 0 Å². The number of hydrogen-bond acceptors (Lipinski definition) is 3. The molecule has 2 heterocycles. The van der Waals surface area contributed by atoms with Crippen LogP contribution in [0.1, 0.15) is 5.69 Å². The van der Waals surface area contributed by atoms with Gasteiger partial charge in [0.15, 0.2) is 5.65 Å². The van der Waals surface area contributed by atoms with Crippen LogP contribution >= 0.6 is 22.6 Å². The van der Waals surface area contributed by atoms with Crippen molar-refractivity contribution in [1.82, 2.24) is 14.6 Å². The van der Waals surface area contributed by atoms with Gasteiger partial charge in [0.25, 0.3) is 0 Å². The van der Waals surface area contributed by atoms with Crippen molar-refractivity contribution in [2.45, 2.75) is 6.92 Å². The molecule has 0 saturated carbocycles. The normalized spacial score (nSPS) is 10.8. The summed E-state index contributed by atoms with van der Waals surface area (Å²) in [5, 5.41) is 4.24. The third kappa shape index (κ3) is 1.13. The second kappa shape index (κ2) is 2.58. The minimum atomic E-state index is 0.538. The second-order valence-corrected chi connectivity index (χ2v) is 3.66. The molecule has 2 aromatic heterocycles. The van der Waals surface area contributed by atoms with Crippen LogP contribution in [0.15, 0.2) is 12.1 Å². The van der Waals surface area contributed by atoms with Gasteiger partial charge in [0.1, 0.15) is 9.52 Å². The number of fused-ring (bicyclic) bond motifs is 1. The van der Waals surface area contributed by atoms with Crippen LogP contribution in [-0.2, 0) is 0 Å². The van der Waals surface area contributed by atoms with Gasteiger partial charge in [-0.05, 0) is 29.5 Å². The molecular weight excluding hydrogens is 267 g/mol. The minimum absolute atomic E-state index is 0.538. The molecule has 0 atom stereocenters. The lowest BCUT2D eigenvalue weighted by Gasteiger charge is -1.98. The number of halogens is 1. The molecule has 0 unspecified atom stereocenters. The summed E-state index contributed by atoms with van der Waals surface area (Å²) in [6.07, 6.45) is 0. The Kier molecular flexibility index (Phi) is 1.67. The highest BCUT2D eigenvalue weighted by Crippen LogP contribution is 2.11. The Morgan fingerprint density at radius 3 is 3.00 bits per heavy atom. The predicted octanol–water partition coefficient (Wildman–Crippen LogP) is 1.22. The van der Waals surface area contributed by atoms with E-state index in [1.807, 2.05) is 13.0 Å². The van der Waals surface area contributed by atoms with Crippen LogP contribution in [0.3, 0.4) is 0 Å². The maximum Gasteiger partial charge on any atom is 0.158 e. The Morgan fingerprint density at radius 1 is 1.50 bits per heavy atom. The molecule has 0 aliphatic heterocycles. The second-order valence-electron chi connectivity index (χ2n) is 2.56. The molecule has 12 heavy (non-hydrogen) atoms. The van der Waals surface area contributed by atoms with Crippen molar-refractivity contribution in [3.8, 4) is 0 Å². The van der Waals surface area contributed by atoms with Crippen molar-refractivity contribution in [3.05, 3.63) is 21.5 Å². The lowest BCUT2D eigenvalue weighted by atomic mass is 10.4. The number of nitrogens with zero attached hydrogens (tertiary/aromatic N) is 3. The SMILES string of the molecule is Cc1cc(N)nc2cc(I)nn12. The third-order valence-electron chi connectivity index (χ3n) is 1.60. The highest BCUT2D eigenvalue weighted by molar-refractivity contribution is 14.1. The molecule has 4 nitrogen and oxygen atoms in total. The van der Waals surface area contributed by atoms with E-state index in [0.717, 1.165) is 15.0 Å². The Balaban J connectivity index is 2.88. The maximum atomic E-state index is 5.58. The van der Waals surface area contributed by atoms with Crippen LogP contribution < -0.4 is 5.73 Å². The number of hydrogen-bond donors (Lipinski definition) is 1. The Morgan fingerprint density at radius 2 is 2.25 bits per heavy atom. The first kappa shape index (κ1) is 7.78. The highest BCUT2D eigenvalue weighted by Gasteiger charge is 2.02. The van der Waals surface area contributed by atoms with Gasteiger partial charge in [-0.25, -0.2) is 9.50 Å². The first-order chi connectivity index (χ1) is 5.66. The van der Waals surface area contributed by atoms with E-state index in [9.17, 15) is 0 Å². The Labute approximate surface area is 82.9 Å². The van der Waals surface area contributed by atoms with E-state index < -0.39 is 0 Å². The zero-order valence-electron chi connectivity index (χ0n) is 6.45. The van der Waals surface area contributed by atoms with Gasteiger partial charge < -0.3 is 5.73 Å². The molecule has 62 valence electrons. The van der Waals surface area contributed by atoms with Gasteiger partial charge in [-0.1, -0.05) is 0 Å². The van der Waals surface area contributed by atoms with Crippen molar-refractivity contribution in [2.24, 2.45) is 0 Å². The zero-order chi connectivity index (χ0) is 8.72. The third-order valence-corrected chi connectivity index (χ3v) is 2.12. The smallest absolute Gasteiger partial charge is 0.158 e. The monoisotopic (exact) mass is 274 g/mol. The first-order valence-corrected chi connectivity index (χ1v) is 4.53. The van der Waals surface area contributed by atoms with Crippen molar-refractivity contribution in [2.75, 3.05) is 5.73 Å². The van der Waals surface area contributed by atoms with Gasteiger partial charge in [0.05, 0.1) is 0 Å². The molecule has 0 aromatic carbocycles. The van der Waals surface area contributed by atoms with Crippen molar-refractivity contribution in [3.63, 3.8) is 0 Å². The summed E-state index contributed by atoms with van der Waals surface area (Å²) in [7, 11) is 0. The summed E-state index contributed by atoms with van der Waals surface area (Å²) < 4.78 is 2.70. The van der Waals surface area contributed by atoms with E-state index in [-0.39, 0.29) is 0 Å². The molecule has 0 fully saturated rings. The molecule has 5 heteroatoms. The molecule has 0 bridgehead atoms. The van der Waals surface area contributed by atoms with Gasteiger partial charge in [-0.2, -0.15) is 5.10 Å². The van der Waals surface area contributed by atoms with Crippen LogP contribution in [0.4, 0.5) is 5.82 Å². The molecule has 2 rings (SSSR count). The van der Waals surface area contributed by atoms with E-state index in [1.165, 1.54) is 0 Å². The molecule has 0 amide bonds. The van der Waals surface area contributed by atoms with Gasteiger partial charge in [0, 0.05) is 17.8 Å². The summed E-state index contributed by atoms with van der Waals surface area (Å²) in [4.78, 5) is 4.13. The number of nitrogen functional groups attached to an aromatic ring is 1. The maximum absolute atomic E-state index is 5.58. The summed E-state index contributed by atoms with van der Waals surface area (Å²) >= 11 is 2.15. The molecular formula is C7H7IN4. The minimum Gasteiger partial charge on any atom is -0.384 e. The largest absolute Gasteiger partial charge is 0.384 e. The average molecular weight is 274 g/mol. The first-order valence-electron chi connectivity index (χ1n) is 3.45. The summed E-state index contributed by atoms with van der Waals surface area (Å²) in [6.45, 7) is 1.95. The van der Waals surface area contributed by atoms with Gasteiger partial charge in [-0.15, -0.1) is 0 Å². The molecule has 0 saturated heterocycles. The van der Waals surface area contributed by atoms with Crippen LogP contribution in [-0.4, -0.2) is 14.6 Å². The topological polar surface area (TPSA) is 56.2 Å². The molecule has 2 N–H and O–H groups in total. The Hall–Kier alpha value is -0.850. The van der Waals surface area contributed by atoms with Crippen LogP contribution in [0.25, 0.3) is 5.65 Å². The summed E-state index contributed by atoms with van der Waals surface area (Å²) in [6, 6.07) is 3.69. The molecule has 0 radical (unpaired) electrons. The lowest BCUT2D eigenvalue weighted by molar-refractivity contribution is 0.886.